The van der Waals surface area contributed by atoms with Crippen LogP contribution in [-0.2, 0) is 24.7 Å². The molecule has 0 saturated carbocycles. The number of piperidine rings is 1. The number of imide groups is 1. The van der Waals surface area contributed by atoms with Gasteiger partial charge in [-0.2, -0.15) is 5.01 Å². The van der Waals surface area contributed by atoms with Gasteiger partial charge < -0.3 is 15.0 Å². The third-order valence-electron chi connectivity index (χ3n) is 5.85. The van der Waals surface area contributed by atoms with E-state index in [9.17, 15) is 19.2 Å². The summed E-state index contributed by atoms with van der Waals surface area (Å²) in [5.74, 6) is -1.22. The monoisotopic (exact) mass is 417 g/mol. The van der Waals surface area contributed by atoms with Gasteiger partial charge in [0.1, 0.15) is 5.54 Å². The van der Waals surface area contributed by atoms with Gasteiger partial charge in [0.05, 0.1) is 25.6 Å². The number of hydrazine groups is 1. The summed E-state index contributed by atoms with van der Waals surface area (Å²) in [5.41, 5.74) is 1.95. The highest BCUT2D eigenvalue weighted by Gasteiger charge is 2.52. The van der Waals surface area contributed by atoms with Gasteiger partial charge in [-0.05, 0) is 18.9 Å². The van der Waals surface area contributed by atoms with E-state index >= 15 is 0 Å². The van der Waals surface area contributed by atoms with E-state index < -0.39 is 23.4 Å². The van der Waals surface area contributed by atoms with Crippen LogP contribution < -0.4 is 15.6 Å². The minimum atomic E-state index is -1.18. The molecule has 1 aromatic carbocycles. The summed E-state index contributed by atoms with van der Waals surface area (Å²) < 4.78 is 5.06. The summed E-state index contributed by atoms with van der Waals surface area (Å²) in [6.45, 7) is 5.39. The normalized spacial score (nSPS) is 26.3. The third kappa shape index (κ3) is 4.30. The maximum absolute atomic E-state index is 13.0. The second kappa shape index (κ2) is 9.25. The molecule has 1 aromatic rings. The number of carbonyl (C=O) groups is 4. The Morgan fingerprint density at radius 3 is 2.47 bits per heavy atom. The largest absolute Gasteiger partial charge is 0.466 e. The minimum absolute atomic E-state index is 0.122. The van der Waals surface area contributed by atoms with Gasteiger partial charge in [-0.25, -0.2) is 4.79 Å². The summed E-state index contributed by atoms with van der Waals surface area (Å²) >= 11 is 0. The van der Waals surface area contributed by atoms with Crippen molar-refractivity contribution in [2.24, 2.45) is 5.92 Å². The van der Waals surface area contributed by atoms with Gasteiger partial charge in [0.25, 0.3) is 11.8 Å². The van der Waals surface area contributed by atoms with Crippen molar-refractivity contribution < 1.29 is 28.8 Å². The lowest BCUT2D eigenvalue weighted by molar-refractivity contribution is -0.897. The quantitative estimate of drug-likeness (QED) is 0.418. The molecule has 0 spiro atoms. The van der Waals surface area contributed by atoms with Crippen LogP contribution in [0.3, 0.4) is 0 Å². The van der Waals surface area contributed by atoms with E-state index in [4.69, 9.17) is 4.74 Å². The Balaban J connectivity index is 1.58. The smallest absolute Gasteiger partial charge is 0.344 e. The maximum atomic E-state index is 13.0. The molecular formula is C21H29N4O5+. The lowest BCUT2D eigenvalue weighted by Gasteiger charge is -2.28. The minimum Gasteiger partial charge on any atom is -0.466 e. The molecule has 0 aliphatic carbocycles. The van der Waals surface area contributed by atoms with Crippen LogP contribution in [0.4, 0.5) is 4.79 Å². The molecule has 3 rings (SSSR count). The van der Waals surface area contributed by atoms with Crippen LogP contribution in [0.1, 0.15) is 38.7 Å². The van der Waals surface area contributed by atoms with Gasteiger partial charge in [0.15, 0.2) is 6.54 Å². The molecule has 2 aliphatic rings. The van der Waals surface area contributed by atoms with Crippen molar-refractivity contribution >= 4 is 23.8 Å². The Morgan fingerprint density at radius 1 is 1.20 bits per heavy atom. The highest BCUT2D eigenvalue weighted by Crippen LogP contribution is 2.31. The molecule has 0 radical (unpaired) electrons. The van der Waals surface area contributed by atoms with Gasteiger partial charge in [-0.3, -0.25) is 19.8 Å². The zero-order chi connectivity index (χ0) is 21.7. The SMILES string of the molecule is CCOC(=O)C1CC[NH+](CC(=O)NN2C(=O)N[C@@](CC)(c3ccccc3)C2=O)CC1. The molecule has 2 aliphatic heterocycles. The summed E-state index contributed by atoms with van der Waals surface area (Å²) in [6, 6.07) is 8.36. The highest BCUT2D eigenvalue weighted by atomic mass is 16.5. The fourth-order valence-corrected chi connectivity index (χ4v) is 4.13. The number of benzene rings is 1. The van der Waals surface area contributed by atoms with E-state index in [1.54, 1.807) is 31.2 Å². The van der Waals surface area contributed by atoms with Gasteiger partial charge in [-0.1, -0.05) is 37.3 Å². The van der Waals surface area contributed by atoms with Crippen LogP contribution in [0.25, 0.3) is 0 Å². The van der Waals surface area contributed by atoms with Gasteiger partial charge in [-0.15, -0.1) is 0 Å². The number of nitrogens with one attached hydrogen (secondary N) is 3. The van der Waals surface area contributed by atoms with E-state index in [-0.39, 0.29) is 18.4 Å². The molecule has 2 fully saturated rings. The number of ether oxygens (including phenoxy) is 1. The second-order valence-corrected chi connectivity index (χ2v) is 7.68. The first-order valence-electron chi connectivity index (χ1n) is 10.4. The molecule has 9 heteroatoms. The predicted octanol–water partition coefficient (Wildman–Crippen LogP) is -0.267. The summed E-state index contributed by atoms with van der Waals surface area (Å²) in [7, 11) is 0. The van der Waals surface area contributed by atoms with Crippen molar-refractivity contribution in [1.82, 2.24) is 15.8 Å². The first-order chi connectivity index (χ1) is 14.4. The number of amides is 4. The number of hydrogen-bond donors (Lipinski definition) is 3. The first kappa shape index (κ1) is 21.8. The topological polar surface area (TPSA) is 109 Å². The summed E-state index contributed by atoms with van der Waals surface area (Å²) in [6.07, 6.45) is 1.66. The average Bonchev–Trinajstić information content (AvgIpc) is 3.00. The van der Waals surface area contributed by atoms with E-state index in [1.807, 2.05) is 13.0 Å². The zero-order valence-corrected chi connectivity index (χ0v) is 17.4. The second-order valence-electron chi connectivity index (χ2n) is 7.68. The molecule has 2 heterocycles. The van der Waals surface area contributed by atoms with E-state index in [0.717, 1.165) is 9.91 Å². The van der Waals surface area contributed by atoms with E-state index in [1.165, 1.54) is 0 Å². The molecular weight excluding hydrogens is 388 g/mol. The van der Waals surface area contributed by atoms with Crippen molar-refractivity contribution in [3.8, 4) is 0 Å². The summed E-state index contributed by atoms with van der Waals surface area (Å²) in [5, 5.41) is 3.52. The molecule has 0 aromatic heterocycles. The Hall–Kier alpha value is -2.94. The number of urea groups is 1. The lowest BCUT2D eigenvalue weighted by atomic mass is 9.87. The van der Waals surface area contributed by atoms with Crippen LogP contribution in [-0.4, -0.2) is 55.1 Å². The lowest BCUT2D eigenvalue weighted by Crippen LogP contribution is -3.14. The Morgan fingerprint density at radius 2 is 1.87 bits per heavy atom. The molecule has 30 heavy (non-hydrogen) atoms. The number of nitrogens with zero attached hydrogens (tertiary/aromatic N) is 1. The van der Waals surface area contributed by atoms with Crippen LogP contribution >= 0.6 is 0 Å². The molecule has 3 N–H and O–H groups in total. The molecule has 0 unspecified atom stereocenters. The number of rotatable bonds is 7. The third-order valence-corrected chi connectivity index (χ3v) is 5.85. The molecule has 2 saturated heterocycles. The highest BCUT2D eigenvalue weighted by molar-refractivity contribution is 6.08. The Labute approximate surface area is 175 Å². The zero-order valence-electron chi connectivity index (χ0n) is 17.4. The average molecular weight is 417 g/mol. The van der Waals surface area contributed by atoms with Crippen LogP contribution in [0.2, 0.25) is 0 Å². The fraction of sp³-hybridized carbons (Fsp3) is 0.524. The van der Waals surface area contributed by atoms with Crippen molar-refractivity contribution in [1.29, 1.82) is 0 Å². The standard InChI is InChI=1S/C21H28N4O5/c1-3-21(16-8-6-5-7-9-16)19(28)25(20(29)22-21)23-17(26)14-24-12-10-15(11-13-24)18(27)30-4-2/h5-9,15H,3-4,10-14H2,1-2H3,(H,22,29)(H,23,26)/p+1/t21-/m0/s1. The number of carbonyl (C=O) groups excluding carboxylic acids is 4. The predicted molar refractivity (Wildman–Crippen MR) is 107 cm³/mol. The van der Waals surface area contributed by atoms with Crippen molar-refractivity contribution in [3.05, 3.63) is 35.9 Å². The maximum Gasteiger partial charge on any atom is 0.344 e. The number of hydrogen-bond acceptors (Lipinski definition) is 5. The van der Waals surface area contributed by atoms with Crippen LogP contribution in [0, 0.1) is 5.92 Å². The number of quaternary nitrogens is 1. The molecule has 9 nitrogen and oxygen atoms in total. The van der Waals surface area contributed by atoms with Gasteiger partial charge in [0.2, 0.25) is 0 Å². The number of likely N-dealkylation sites (tertiary alicyclic amines) is 1. The van der Waals surface area contributed by atoms with Gasteiger partial charge >= 0.3 is 12.0 Å². The van der Waals surface area contributed by atoms with Crippen molar-refractivity contribution in [3.63, 3.8) is 0 Å². The van der Waals surface area contributed by atoms with Crippen molar-refractivity contribution in [2.45, 2.75) is 38.6 Å². The van der Waals surface area contributed by atoms with Crippen molar-refractivity contribution in [2.75, 3.05) is 26.2 Å². The summed E-state index contributed by atoms with van der Waals surface area (Å²) in [4.78, 5) is 50.9. The first-order valence-corrected chi connectivity index (χ1v) is 10.4. The molecule has 1 atom stereocenters. The fourth-order valence-electron chi connectivity index (χ4n) is 4.13. The van der Waals surface area contributed by atoms with Crippen LogP contribution in [0.5, 0.6) is 0 Å². The Bertz CT molecular complexity index is 807. The van der Waals surface area contributed by atoms with Gasteiger partial charge in [0, 0.05) is 12.8 Å². The van der Waals surface area contributed by atoms with E-state index in [0.29, 0.717) is 44.5 Å². The Kier molecular flexibility index (Phi) is 6.71. The van der Waals surface area contributed by atoms with Crippen LogP contribution in [0.15, 0.2) is 30.3 Å². The van der Waals surface area contributed by atoms with E-state index in [2.05, 4.69) is 10.7 Å². The molecule has 4 amide bonds. The number of esters is 1. The molecule has 162 valence electrons. The molecule has 0 bridgehead atoms.